The van der Waals surface area contributed by atoms with Crippen molar-refractivity contribution in [1.29, 1.82) is 0 Å². The van der Waals surface area contributed by atoms with Crippen LogP contribution in [0.1, 0.15) is 110 Å². The van der Waals surface area contributed by atoms with Crippen molar-refractivity contribution in [2.24, 2.45) is 0 Å². The average Bonchev–Trinajstić information content (AvgIpc) is 3.31. The standard InChI is InChI=1S/C44H82O21S/c1-2-3-4-5-6-7-8-9-10-11-12-13-14-15-16-17-19-66-20-18-58-41-37(56)33(52)39(26(22-46)61-41)65-44-38(57)34(53)40(27(23-47)62-44)64-43-36(55)32(51)30(49)28(63-43)24-59-42-35(54)31(50)29(48)25(21-45)60-42/h25-57H,2-24H2,1H3/t25-,26-,27-,28-,29-,30-,31+,32+,33-,34-,35-,36-,37-,38-,39-,40-,41-,42+,43-,44-/m1/s1. The Kier molecular flexibility index (Phi) is 27.3. The highest BCUT2D eigenvalue weighted by Gasteiger charge is 2.54. The molecule has 4 fully saturated rings. The number of thioether (sulfide) groups is 1. The van der Waals surface area contributed by atoms with Crippen LogP contribution in [0, 0.1) is 0 Å². The molecule has 0 saturated carbocycles. The molecule has 0 spiro atoms. The summed E-state index contributed by atoms with van der Waals surface area (Å²) in [5, 5.41) is 136. The van der Waals surface area contributed by atoms with Gasteiger partial charge in [-0.25, -0.2) is 0 Å². The van der Waals surface area contributed by atoms with Crippen LogP contribution in [-0.2, 0) is 37.9 Å². The molecule has 0 aromatic heterocycles. The van der Waals surface area contributed by atoms with Crippen molar-refractivity contribution in [3.63, 3.8) is 0 Å². The van der Waals surface area contributed by atoms with Gasteiger partial charge in [0.15, 0.2) is 25.2 Å². The van der Waals surface area contributed by atoms with Gasteiger partial charge in [-0.05, 0) is 12.2 Å². The molecular weight excluding hydrogens is 897 g/mol. The third kappa shape index (κ3) is 17.1. The van der Waals surface area contributed by atoms with E-state index in [9.17, 15) is 66.4 Å². The van der Waals surface area contributed by atoms with Crippen LogP contribution in [0.2, 0.25) is 0 Å². The molecule has 4 aliphatic rings. The van der Waals surface area contributed by atoms with Gasteiger partial charge in [0.05, 0.1) is 33.0 Å². The molecule has 13 N–H and O–H groups in total. The van der Waals surface area contributed by atoms with Crippen molar-refractivity contribution in [2.45, 2.75) is 232 Å². The summed E-state index contributed by atoms with van der Waals surface area (Å²) in [7, 11) is 0. The van der Waals surface area contributed by atoms with Crippen LogP contribution in [-0.4, -0.2) is 234 Å². The average molecular weight is 979 g/mol. The van der Waals surface area contributed by atoms with Gasteiger partial charge in [-0.2, -0.15) is 11.8 Å². The number of ether oxygens (including phenoxy) is 8. The van der Waals surface area contributed by atoms with Gasteiger partial charge in [0, 0.05) is 5.75 Å². The minimum Gasteiger partial charge on any atom is -0.394 e. The highest BCUT2D eigenvalue weighted by atomic mass is 32.2. The molecule has 4 rings (SSSR count). The third-order valence-electron chi connectivity index (χ3n) is 12.8. The Morgan fingerprint density at radius 3 is 1.21 bits per heavy atom. The van der Waals surface area contributed by atoms with Crippen LogP contribution in [0.15, 0.2) is 0 Å². The summed E-state index contributed by atoms with van der Waals surface area (Å²) in [5.74, 6) is 1.56. The van der Waals surface area contributed by atoms with Crippen molar-refractivity contribution in [3.8, 4) is 0 Å². The molecule has 0 bridgehead atoms. The Bertz CT molecular complexity index is 1260. The lowest BCUT2D eigenvalue weighted by Gasteiger charge is -2.48. The first-order valence-corrected chi connectivity index (χ1v) is 25.3. The zero-order chi connectivity index (χ0) is 48.2. The quantitative estimate of drug-likeness (QED) is 0.0343. The fourth-order valence-corrected chi connectivity index (χ4v) is 9.47. The van der Waals surface area contributed by atoms with E-state index < -0.39 is 149 Å². The van der Waals surface area contributed by atoms with Crippen molar-refractivity contribution in [3.05, 3.63) is 0 Å². The van der Waals surface area contributed by atoms with Crippen LogP contribution >= 0.6 is 11.8 Å². The van der Waals surface area contributed by atoms with E-state index in [1.165, 1.54) is 89.9 Å². The maximum Gasteiger partial charge on any atom is 0.187 e. The van der Waals surface area contributed by atoms with Crippen LogP contribution in [0.3, 0.4) is 0 Å². The Labute approximate surface area is 392 Å². The van der Waals surface area contributed by atoms with Crippen molar-refractivity contribution in [1.82, 2.24) is 0 Å². The predicted molar refractivity (Wildman–Crippen MR) is 234 cm³/mol. The molecule has 0 radical (unpaired) electrons. The lowest BCUT2D eigenvalue weighted by Crippen LogP contribution is -2.66. The van der Waals surface area contributed by atoms with Crippen molar-refractivity contribution < 1.29 is 104 Å². The van der Waals surface area contributed by atoms with E-state index in [1.54, 1.807) is 11.8 Å². The summed E-state index contributed by atoms with van der Waals surface area (Å²) >= 11 is 1.70. The number of aliphatic hydroxyl groups excluding tert-OH is 13. The number of hydrogen-bond acceptors (Lipinski definition) is 22. The highest BCUT2D eigenvalue weighted by molar-refractivity contribution is 7.99. The Morgan fingerprint density at radius 1 is 0.364 bits per heavy atom. The fourth-order valence-electron chi connectivity index (χ4n) is 8.64. The van der Waals surface area contributed by atoms with Crippen LogP contribution in [0.4, 0.5) is 0 Å². The molecule has 0 aromatic rings. The highest BCUT2D eigenvalue weighted by Crippen LogP contribution is 2.33. The molecule has 0 amide bonds. The second kappa shape index (κ2) is 31.1. The molecule has 4 saturated heterocycles. The van der Waals surface area contributed by atoms with Crippen LogP contribution in [0.25, 0.3) is 0 Å². The second-order valence-corrected chi connectivity index (χ2v) is 19.2. The minimum absolute atomic E-state index is 0.194. The van der Waals surface area contributed by atoms with Crippen molar-refractivity contribution >= 4 is 11.8 Å². The van der Waals surface area contributed by atoms with E-state index in [1.807, 2.05) is 0 Å². The zero-order valence-electron chi connectivity index (χ0n) is 38.3. The number of aliphatic hydroxyl groups is 13. The molecule has 390 valence electrons. The predicted octanol–water partition coefficient (Wildman–Crippen LogP) is -1.73. The summed E-state index contributed by atoms with van der Waals surface area (Å²) in [6, 6.07) is 0. The third-order valence-corrected chi connectivity index (χ3v) is 13.9. The first-order chi connectivity index (χ1) is 31.8. The Morgan fingerprint density at radius 2 is 0.727 bits per heavy atom. The second-order valence-electron chi connectivity index (χ2n) is 17.9. The van der Waals surface area contributed by atoms with Gasteiger partial charge in [0.25, 0.3) is 0 Å². The van der Waals surface area contributed by atoms with E-state index in [0.717, 1.165) is 18.6 Å². The summed E-state index contributed by atoms with van der Waals surface area (Å²) in [5.41, 5.74) is 0. The Hall–Kier alpha value is -0.490. The van der Waals surface area contributed by atoms with Gasteiger partial charge in [0.1, 0.15) is 97.7 Å². The summed E-state index contributed by atoms with van der Waals surface area (Å²) in [4.78, 5) is 0. The lowest BCUT2D eigenvalue weighted by molar-refractivity contribution is -0.381. The van der Waals surface area contributed by atoms with E-state index in [-0.39, 0.29) is 6.61 Å². The minimum atomic E-state index is -1.98. The molecule has 0 unspecified atom stereocenters. The van der Waals surface area contributed by atoms with E-state index in [4.69, 9.17) is 37.9 Å². The maximum absolute atomic E-state index is 11.2. The van der Waals surface area contributed by atoms with Gasteiger partial charge < -0.3 is 104 Å². The smallest absolute Gasteiger partial charge is 0.187 e. The van der Waals surface area contributed by atoms with Gasteiger partial charge >= 0.3 is 0 Å². The normalized spacial score (nSPS) is 39.9. The molecule has 0 aromatic carbocycles. The first-order valence-electron chi connectivity index (χ1n) is 24.2. The molecule has 4 heterocycles. The lowest BCUT2D eigenvalue weighted by atomic mass is 9.96. The largest absolute Gasteiger partial charge is 0.394 e. The van der Waals surface area contributed by atoms with Gasteiger partial charge in [-0.3, -0.25) is 0 Å². The van der Waals surface area contributed by atoms with E-state index in [0.29, 0.717) is 5.75 Å². The molecular formula is C44H82O21S. The van der Waals surface area contributed by atoms with Gasteiger partial charge in [-0.1, -0.05) is 103 Å². The van der Waals surface area contributed by atoms with E-state index >= 15 is 0 Å². The molecule has 21 nitrogen and oxygen atoms in total. The monoisotopic (exact) mass is 979 g/mol. The number of unbranched alkanes of at least 4 members (excludes halogenated alkanes) is 15. The topological polar surface area (TPSA) is 337 Å². The maximum atomic E-state index is 11.2. The summed E-state index contributed by atoms with van der Waals surface area (Å²) in [6.07, 6.45) is -12.9. The van der Waals surface area contributed by atoms with Crippen LogP contribution in [0.5, 0.6) is 0 Å². The SMILES string of the molecule is CCCCCCCCCCCCCCCCCCSCCO[C@@H]1O[C@H](CO)[C@@H](O[C@H]2O[C@H](CO)[C@@H](O[C@H]3O[C@H](CO[C@H]4O[C@H](CO)[C@@H](O)[C@H](O)[C@H]4O)[C@@H](O)[C@H](O)[C@H]3O)[C@H](O)[C@H]2O)[C@H](O)[C@H]1O. The van der Waals surface area contributed by atoms with Crippen LogP contribution < -0.4 is 0 Å². The number of hydrogen-bond donors (Lipinski definition) is 13. The zero-order valence-corrected chi connectivity index (χ0v) is 39.1. The summed E-state index contributed by atoms with van der Waals surface area (Å²) in [6.45, 7) is -0.560. The fraction of sp³-hybridized carbons (Fsp3) is 1.00. The molecule has 4 aliphatic heterocycles. The number of rotatable bonds is 31. The summed E-state index contributed by atoms with van der Waals surface area (Å²) < 4.78 is 44.9. The van der Waals surface area contributed by atoms with Gasteiger partial charge in [-0.15, -0.1) is 0 Å². The Balaban J connectivity index is 1.15. The molecule has 0 aliphatic carbocycles. The first kappa shape index (κ1) is 58.1. The molecule has 20 atom stereocenters. The van der Waals surface area contributed by atoms with Crippen molar-refractivity contribution in [2.75, 3.05) is 44.5 Å². The van der Waals surface area contributed by atoms with Gasteiger partial charge in [0.2, 0.25) is 0 Å². The molecule has 66 heavy (non-hydrogen) atoms. The molecule has 22 heteroatoms. The van der Waals surface area contributed by atoms with E-state index in [2.05, 4.69) is 6.92 Å².